The van der Waals surface area contributed by atoms with Gasteiger partial charge in [-0.05, 0) is 54.1 Å². The first-order valence-electron chi connectivity index (χ1n) is 7.49. The summed E-state index contributed by atoms with van der Waals surface area (Å²) >= 11 is 13.3. The molecule has 25 heavy (non-hydrogen) atoms. The molecule has 0 spiro atoms. The van der Waals surface area contributed by atoms with Gasteiger partial charge in [0, 0.05) is 5.02 Å². The van der Waals surface area contributed by atoms with Crippen LogP contribution in [0.25, 0.3) is 6.08 Å². The number of nitrogens with zero attached hydrogens (tertiary/aromatic N) is 1. The van der Waals surface area contributed by atoms with E-state index < -0.39 is 0 Å². The third-order valence-electron chi connectivity index (χ3n) is 3.34. The van der Waals surface area contributed by atoms with Crippen LogP contribution in [0.4, 0.5) is 5.69 Å². The fourth-order valence-corrected chi connectivity index (χ4v) is 3.56. The highest BCUT2D eigenvalue weighted by Gasteiger charge is 2.24. The highest BCUT2D eigenvalue weighted by Crippen LogP contribution is 2.32. The van der Waals surface area contributed by atoms with Gasteiger partial charge in [-0.2, -0.15) is 0 Å². The first kappa shape index (κ1) is 17.8. The van der Waals surface area contributed by atoms with E-state index in [1.807, 2.05) is 49.4 Å². The third kappa shape index (κ3) is 4.75. The Balaban J connectivity index is 1.80. The van der Waals surface area contributed by atoms with Crippen LogP contribution in [0.15, 0.2) is 70.1 Å². The molecule has 0 radical (unpaired) electrons. The Morgan fingerprint density at radius 3 is 2.64 bits per heavy atom. The number of hydrogen-bond donors (Lipinski definition) is 1. The minimum absolute atomic E-state index is 0.172. The van der Waals surface area contributed by atoms with Crippen molar-refractivity contribution < 1.29 is 4.79 Å². The van der Waals surface area contributed by atoms with Crippen LogP contribution in [0.5, 0.6) is 0 Å². The predicted molar refractivity (Wildman–Crippen MR) is 107 cm³/mol. The standard InChI is InChI=1S/C19H14Cl2N2OS/c1-12(9-13-5-3-2-4-6-13)10-17-18(24)23-19(25-17)22-16-8-7-14(20)11-15(16)21/h2-11H,1H3,(H,22,23,24)/b12-9-,17-10+. The Hall–Kier alpha value is -2.01. The van der Waals surface area contributed by atoms with Crippen LogP contribution in [0.2, 0.25) is 10.0 Å². The summed E-state index contributed by atoms with van der Waals surface area (Å²) < 4.78 is 0. The lowest BCUT2D eigenvalue weighted by Crippen LogP contribution is -2.19. The average Bonchev–Trinajstić information content (AvgIpc) is 2.90. The smallest absolute Gasteiger partial charge is 0.264 e. The van der Waals surface area contributed by atoms with E-state index >= 15 is 0 Å². The lowest BCUT2D eigenvalue weighted by atomic mass is 10.1. The highest BCUT2D eigenvalue weighted by molar-refractivity contribution is 8.18. The maximum atomic E-state index is 12.1. The number of carbonyl (C=O) groups is 1. The van der Waals surface area contributed by atoms with E-state index in [-0.39, 0.29) is 5.91 Å². The first-order chi connectivity index (χ1) is 12.0. The van der Waals surface area contributed by atoms with Crippen molar-refractivity contribution in [2.75, 3.05) is 0 Å². The Morgan fingerprint density at radius 1 is 1.16 bits per heavy atom. The normalized spacial score (nSPS) is 18.0. The van der Waals surface area contributed by atoms with Crippen LogP contribution in [-0.4, -0.2) is 11.1 Å². The van der Waals surface area contributed by atoms with E-state index in [1.165, 1.54) is 11.8 Å². The first-order valence-corrected chi connectivity index (χ1v) is 9.06. The number of aliphatic imine (C=N–C) groups is 1. The SMILES string of the molecule is CC(=C/c1ccccc1)/C=C1/SC(=Nc2ccc(Cl)cc2Cl)NC1=O. The molecule has 0 unspecified atom stereocenters. The molecular formula is C19H14Cl2N2OS. The molecule has 1 aliphatic heterocycles. The zero-order chi connectivity index (χ0) is 17.8. The Kier molecular flexibility index (Phi) is 5.63. The lowest BCUT2D eigenvalue weighted by molar-refractivity contribution is -0.115. The van der Waals surface area contributed by atoms with Crippen molar-refractivity contribution in [1.29, 1.82) is 0 Å². The Labute approximate surface area is 160 Å². The summed E-state index contributed by atoms with van der Waals surface area (Å²) in [6.07, 6.45) is 3.87. The Morgan fingerprint density at radius 2 is 1.92 bits per heavy atom. The summed E-state index contributed by atoms with van der Waals surface area (Å²) in [5.41, 5.74) is 2.63. The number of nitrogens with one attached hydrogen (secondary N) is 1. The molecule has 2 aromatic rings. The van der Waals surface area contributed by atoms with Gasteiger partial charge in [0.25, 0.3) is 5.91 Å². The van der Waals surface area contributed by atoms with Crippen LogP contribution in [0, 0.1) is 0 Å². The molecule has 1 saturated heterocycles. The number of amidine groups is 1. The number of amides is 1. The molecule has 1 amide bonds. The largest absolute Gasteiger partial charge is 0.300 e. The molecule has 3 rings (SSSR count). The van der Waals surface area contributed by atoms with Gasteiger partial charge in [-0.3, -0.25) is 4.79 Å². The van der Waals surface area contributed by atoms with Gasteiger partial charge in [0.15, 0.2) is 5.17 Å². The summed E-state index contributed by atoms with van der Waals surface area (Å²) in [6, 6.07) is 15.0. The zero-order valence-electron chi connectivity index (χ0n) is 13.3. The molecular weight excluding hydrogens is 375 g/mol. The van der Waals surface area contributed by atoms with Crippen molar-refractivity contribution in [3.8, 4) is 0 Å². The van der Waals surface area contributed by atoms with Crippen LogP contribution >= 0.6 is 35.0 Å². The third-order valence-corrected chi connectivity index (χ3v) is 4.78. The maximum Gasteiger partial charge on any atom is 0.264 e. The molecule has 126 valence electrons. The van der Waals surface area contributed by atoms with Crippen LogP contribution in [0.3, 0.4) is 0 Å². The summed E-state index contributed by atoms with van der Waals surface area (Å²) in [5, 5.41) is 4.22. The number of hydrogen-bond acceptors (Lipinski definition) is 3. The number of thioether (sulfide) groups is 1. The number of benzene rings is 2. The monoisotopic (exact) mass is 388 g/mol. The minimum atomic E-state index is -0.172. The van der Waals surface area contributed by atoms with E-state index in [9.17, 15) is 4.79 Å². The molecule has 1 fully saturated rings. The molecule has 2 aromatic carbocycles. The molecule has 0 aliphatic carbocycles. The second-order valence-electron chi connectivity index (χ2n) is 5.38. The highest BCUT2D eigenvalue weighted by atomic mass is 35.5. The minimum Gasteiger partial charge on any atom is -0.300 e. The van der Waals surface area contributed by atoms with E-state index in [0.29, 0.717) is 25.8 Å². The van der Waals surface area contributed by atoms with E-state index in [0.717, 1.165) is 11.1 Å². The summed E-state index contributed by atoms with van der Waals surface area (Å²) in [4.78, 5) is 17.1. The molecule has 0 atom stereocenters. The Bertz CT molecular complexity index is 905. The lowest BCUT2D eigenvalue weighted by Gasteiger charge is -2.00. The van der Waals surface area contributed by atoms with Gasteiger partial charge in [-0.25, -0.2) is 4.99 Å². The second-order valence-corrected chi connectivity index (χ2v) is 7.25. The van der Waals surface area contributed by atoms with Crippen molar-refractivity contribution in [3.63, 3.8) is 0 Å². The van der Waals surface area contributed by atoms with Crippen molar-refractivity contribution in [2.24, 2.45) is 4.99 Å². The average molecular weight is 389 g/mol. The quantitative estimate of drug-likeness (QED) is 0.671. The maximum absolute atomic E-state index is 12.1. The van der Waals surface area contributed by atoms with Crippen molar-refractivity contribution in [2.45, 2.75) is 6.92 Å². The summed E-state index contributed by atoms with van der Waals surface area (Å²) in [7, 11) is 0. The second kappa shape index (κ2) is 7.91. The van der Waals surface area contributed by atoms with E-state index in [2.05, 4.69) is 10.3 Å². The molecule has 6 heteroatoms. The molecule has 3 nitrogen and oxygen atoms in total. The van der Waals surface area contributed by atoms with Gasteiger partial charge in [-0.15, -0.1) is 0 Å². The van der Waals surface area contributed by atoms with E-state index in [1.54, 1.807) is 18.2 Å². The van der Waals surface area contributed by atoms with Crippen LogP contribution in [-0.2, 0) is 4.79 Å². The summed E-state index contributed by atoms with van der Waals surface area (Å²) in [6.45, 7) is 1.96. The van der Waals surface area contributed by atoms with Gasteiger partial charge in [-0.1, -0.05) is 59.6 Å². The van der Waals surface area contributed by atoms with Crippen molar-refractivity contribution >= 4 is 57.8 Å². The number of carbonyl (C=O) groups excluding carboxylic acids is 1. The molecule has 1 N–H and O–H groups in total. The van der Waals surface area contributed by atoms with Gasteiger partial charge in [0.05, 0.1) is 15.6 Å². The summed E-state index contributed by atoms with van der Waals surface area (Å²) in [5.74, 6) is -0.172. The zero-order valence-corrected chi connectivity index (χ0v) is 15.6. The van der Waals surface area contributed by atoms with Crippen molar-refractivity contribution in [1.82, 2.24) is 5.32 Å². The fourth-order valence-electron chi connectivity index (χ4n) is 2.22. The van der Waals surface area contributed by atoms with Gasteiger partial charge < -0.3 is 5.32 Å². The molecule has 1 heterocycles. The predicted octanol–water partition coefficient (Wildman–Crippen LogP) is 5.83. The topological polar surface area (TPSA) is 41.5 Å². The van der Waals surface area contributed by atoms with Gasteiger partial charge in [0.2, 0.25) is 0 Å². The molecule has 0 aromatic heterocycles. The van der Waals surface area contributed by atoms with Gasteiger partial charge >= 0.3 is 0 Å². The van der Waals surface area contributed by atoms with Crippen LogP contribution in [0.1, 0.15) is 12.5 Å². The number of allylic oxidation sites excluding steroid dienone is 2. The number of halogens is 2. The number of rotatable bonds is 3. The molecule has 0 bridgehead atoms. The molecule has 0 saturated carbocycles. The van der Waals surface area contributed by atoms with Crippen LogP contribution < -0.4 is 5.32 Å². The molecule has 1 aliphatic rings. The van der Waals surface area contributed by atoms with E-state index in [4.69, 9.17) is 23.2 Å². The fraction of sp³-hybridized carbons (Fsp3) is 0.0526. The van der Waals surface area contributed by atoms with Gasteiger partial charge in [0.1, 0.15) is 0 Å². The van der Waals surface area contributed by atoms with Crippen molar-refractivity contribution in [3.05, 3.63) is 80.7 Å².